The van der Waals surface area contributed by atoms with Gasteiger partial charge in [-0.2, -0.15) is 0 Å². The number of methoxy groups -OCH3 is 1. The molecule has 1 spiro atoms. The van der Waals surface area contributed by atoms with E-state index in [-0.39, 0.29) is 6.84 Å². The molecule has 2 aliphatic carbocycles. The number of ketones is 1. The molecule has 3 rings (SSSR count). The molecule has 0 unspecified atom stereocenters. The Labute approximate surface area is 171 Å². The van der Waals surface area contributed by atoms with E-state index < -0.39 is 0 Å². The third kappa shape index (κ3) is 4.09. The van der Waals surface area contributed by atoms with Gasteiger partial charge in [0.15, 0.2) is 5.78 Å². The molecule has 1 saturated carbocycles. The summed E-state index contributed by atoms with van der Waals surface area (Å²) in [4.78, 5) is 13.1. The molecule has 1 fully saturated rings. The molecule has 132 valence electrons. The summed E-state index contributed by atoms with van der Waals surface area (Å²) >= 11 is 4.85. The van der Waals surface area contributed by atoms with E-state index >= 15 is 0 Å². The van der Waals surface area contributed by atoms with Gasteiger partial charge in [0.2, 0.25) is 0 Å². The van der Waals surface area contributed by atoms with E-state index in [0.29, 0.717) is 18.5 Å². The van der Waals surface area contributed by atoms with Crippen LogP contribution < -0.4 is 4.74 Å². The van der Waals surface area contributed by atoms with E-state index in [9.17, 15) is 4.79 Å². The SMILES string of the molecule is COC1CCC2(CC1)Cc1ccc(OCCC(C)(I)I)cc1C2=O. The van der Waals surface area contributed by atoms with Crippen molar-refractivity contribution in [2.45, 2.75) is 53.0 Å². The van der Waals surface area contributed by atoms with Crippen molar-refractivity contribution in [1.82, 2.24) is 0 Å². The number of rotatable bonds is 5. The van der Waals surface area contributed by atoms with Gasteiger partial charge in [0.1, 0.15) is 5.75 Å². The zero-order chi connectivity index (χ0) is 17.4. The Morgan fingerprint density at radius 2 is 2.00 bits per heavy atom. The number of benzene rings is 1. The molecule has 0 amide bonds. The highest BCUT2D eigenvalue weighted by atomic mass is 127. The molecule has 24 heavy (non-hydrogen) atoms. The van der Waals surface area contributed by atoms with Gasteiger partial charge in [-0.3, -0.25) is 4.79 Å². The fraction of sp³-hybridized carbons (Fsp3) is 0.632. The van der Waals surface area contributed by atoms with Crippen LogP contribution in [0.15, 0.2) is 18.2 Å². The van der Waals surface area contributed by atoms with Crippen LogP contribution in [0.25, 0.3) is 0 Å². The predicted molar refractivity (Wildman–Crippen MR) is 113 cm³/mol. The Bertz CT molecular complexity index is 614. The number of alkyl halides is 2. The van der Waals surface area contributed by atoms with Gasteiger partial charge < -0.3 is 9.47 Å². The van der Waals surface area contributed by atoms with Gasteiger partial charge in [-0.25, -0.2) is 0 Å². The number of carbonyl (C=O) groups excluding carboxylic acids is 1. The number of ether oxygens (including phenoxy) is 2. The molecule has 0 aromatic heterocycles. The lowest BCUT2D eigenvalue weighted by Crippen LogP contribution is -2.35. The quantitative estimate of drug-likeness (QED) is 0.364. The van der Waals surface area contributed by atoms with E-state index in [1.807, 2.05) is 12.1 Å². The van der Waals surface area contributed by atoms with Crippen molar-refractivity contribution in [2.75, 3.05) is 13.7 Å². The van der Waals surface area contributed by atoms with Crippen molar-refractivity contribution >= 4 is 51.0 Å². The number of hydrogen-bond donors (Lipinski definition) is 0. The molecule has 5 heteroatoms. The molecule has 1 aromatic carbocycles. The third-order valence-corrected chi connectivity index (χ3v) is 6.45. The average molecular weight is 554 g/mol. The molecule has 0 aliphatic heterocycles. The Balaban J connectivity index is 1.69. The van der Waals surface area contributed by atoms with Crippen LogP contribution in [0, 0.1) is 5.41 Å². The first-order valence-corrected chi connectivity index (χ1v) is 10.7. The van der Waals surface area contributed by atoms with Crippen LogP contribution >= 0.6 is 45.2 Å². The maximum absolute atomic E-state index is 13.1. The van der Waals surface area contributed by atoms with Crippen LogP contribution in [-0.4, -0.2) is 27.0 Å². The van der Waals surface area contributed by atoms with Gasteiger partial charge in [-0.05, 0) is 56.7 Å². The molecular weight excluding hydrogens is 530 g/mol. The lowest BCUT2D eigenvalue weighted by Gasteiger charge is -2.35. The molecule has 3 nitrogen and oxygen atoms in total. The van der Waals surface area contributed by atoms with Crippen LogP contribution in [0.4, 0.5) is 0 Å². The number of halogens is 2. The van der Waals surface area contributed by atoms with Crippen molar-refractivity contribution in [3.05, 3.63) is 29.3 Å². The van der Waals surface area contributed by atoms with Crippen LogP contribution in [0.3, 0.4) is 0 Å². The Kier molecular flexibility index (Phi) is 5.81. The first-order chi connectivity index (χ1) is 11.3. The molecule has 0 atom stereocenters. The largest absolute Gasteiger partial charge is 0.493 e. The maximum atomic E-state index is 13.1. The summed E-state index contributed by atoms with van der Waals surface area (Å²) in [5, 5.41) is 0. The highest BCUT2D eigenvalue weighted by Gasteiger charge is 2.47. The summed E-state index contributed by atoms with van der Waals surface area (Å²) in [7, 11) is 1.77. The third-order valence-electron chi connectivity index (χ3n) is 5.37. The number of Topliss-reactive ketones (excluding diaryl/α,β-unsaturated/α-hetero) is 1. The van der Waals surface area contributed by atoms with Gasteiger partial charge in [-0.1, -0.05) is 51.2 Å². The molecule has 1 aromatic rings. The second-order valence-corrected chi connectivity index (χ2v) is 14.0. The van der Waals surface area contributed by atoms with E-state index in [2.05, 4.69) is 58.2 Å². The van der Waals surface area contributed by atoms with Crippen molar-refractivity contribution in [3.8, 4) is 5.75 Å². The van der Waals surface area contributed by atoms with E-state index in [1.165, 1.54) is 5.56 Å². The topological polar surface area (TPSA) is 35.5 Å². The Morgan fingerprint density at radius 1 is 1.29 bits per heavy atom. The zero-order valence-corrected chi connectivity index (χ0v) is 18.6. The summed E-state index contributed by atoms with van der Waals surface area (Å²) in [5.41, 5.74) is 1.89. The average Bonchev–Trinajstić information content (AvgIpc) is 2.80. The van der Waals surface area contributed by atoms with Crippen molar-refractivity contribution in [1.29, 1.82) is 0 Å². The van der Waals surface area contributed by atoms with E-state index in [1.54, 1.807) is 7.11 Å². The van der Waals surface area contributed by atoms with Crippen molar-refractivity contribution in [3.63, 3.8) is 0 Å². The second-order valence-electron chi connectivity index (χ2n) is 7.21. The summed E-state index contributed by atoms with van der Waals surface area (Å²) in [6, 6.07) is 6.07. The standard InChI is InChI=1S/C19H24I2O3/c1-18(20,21)9-10-24-15-4-3-13-12-19(17(22)16(13)11-15)7-5-14(23-2)6-8-19/h3-4,11,14H,5-10,12H2,1-2H3. The fourth-order valence-electron chi connectivity index (χ4n) is 3.87. The van der Waals surface area contributed by atoms with Crippen molar-refractivity contribution < 1.29 is 14.3 Å². The molecule has 0 radical (unpaired) electrons. The second kappa shape index (κ2) is 7.39. The summed E-state index contributed by atoms with van der Waals surface area (Å²) in [6.07, 6.45) is 6.04. The molecule has 0 N–H and O–H groups in total. The Morgan fingerprint density at radius 3 is 2.62 bits per heavy atom. The lowest BCUT2D eigenvalue weighted by atomic mass is 9.70. The van der Waals surface area contributed by atoms with Gasteiger partial charge >= 0.3 is 0 Å². The smallest absolute Gasteiger partial charge is 0.169 e. The highest BCUT2D eigenvalue weighted by molar-refractivity contribution is 14.2. The summed E-state index contributed by atoms with van der Waals surface area (Å²) < 4.78 is 11.5. The predicted octanol–water partition coefficient (Wildman–Crippen LogP) is 5.36. The van der Waals surface area contributed by atoms with E-state index in [4.69, 9.17) is 9.47 Å². The lowest BCUT2D eigenvalue weighted by molar-refractivity contribution is 0.0285. The van der Waals surface area contributed by atoms with Crippen LogP contribution in [0.5, 0.6) is 5.75 Å². The fourth-order valence-corrected chi connectivity index (χ4v) is 4.31. The van der Waals surface area contributed by atoms with Crippen LogP contribution in [0.2, 0.25) is 0 Å². The number of hydrogen-bond acceptors (Lipinski definition) is 3. The van der Waals surface area contributed by atoms with Crippen LogP contribution in [-0.2, 0) is 11.2 Å². The van der Waals surface area contributed by atoms with Gasteiger partial charge in [-0.15, -0.1) is 0 Å². The van der Waals surface area contributed by atoms with E-state index in [0.717, 1.165) is 49.8 Å². The highest BCUT2D eigenvalue weighted by Crippen LogP contribution is 2.48. The minimum Gasteiger partial charge on any atom is -0.493 e. The molecule has 0 heterocycles. The number of fused-ring (bicyclic) bond motifs is 1. The van der Waals surface area contributed by atoms with Gasteiger partial charge in [0.25, 0.3) is 0 Å². The summed E-state index contributed by atoms with van der Waals surface area (Å²) in [6.45, 7) is 2.86. The summed E-state index contributed by atoms with van der Waals surface area (Å²) in [5.74, 6) is 1.15. The van der Waals surface area contributed by atoms with Gasteiger partial charge in [0.05, 0.1) is 14.1 Å². The minimum atomic E-state index is -0.182. The molecule has 0 saturated heterocycles. The first-order valence-electron chi connectivity index (χ1n) is 8.54. The molecule has 0 bridgehead atoms. The van der Waals surface area contributed by atoms with Crippen LogP contribution in [0.1, 0.15) is 54.9 Å². The number of carbonyl (C=O) groups is 1. The zero-order valence-electron chi connectivity index (χ0n) is 14.2. The monoisotopic (exact) mass is 554 g/mol. The Hall–Kier alpha value is 0.110. The van der Waals surface area contributed by atoms with Gasteiger partial charge in [0, 0.05) is 24.5 Å². The van der Waals surface area contributed by atoms with Crippen molar-refractivity contribution in [2.24, 2.45) is 5.41 Å². The maximum Gasteiger partial charge on any atom is 0.169 e. The molecular formula is C19H24I2O3. The molecule has 2 aliphatic rings. The normalized spacial score (nSPS) is 26.7. The minimum absolute atomic E-state index is 0.182. The first kappa shape index (κ1) is 18.9.